The van der Waals surface area contributed by atoms with E-state index in [0.29, 0.717) is 12.3 Å². The van der Waals surface area contributed by atoms with E-state index in [0.717, 1.165) is 10.6 Å². The molecule has 14 heteroatoms. The topological polar surface area (TPSA) is 143 Å². The van der Waals surface area contributed by atoms with Gasteiger partial charge in [-0.2, -0.15) is 0 Å². The van der Waals surface area contributed by atoms with Crippen molar-refractivity contribution in [3.8, 4) is 22.8 Å². The molecule has 0 radical (unpaired) electrons. The molecule has 4 aromatic rings. The standard InChI is InChI=1S/C25H21ClF3N5O5.C2H6/c1-11-9-31-19(15-5-6-30-23(33-15)24(3,4)36)18(29)20(11)34-12(2)7-16(17(26)22(34)35)39-25(37,38)21-14(28)8-13(27)10-32-21;1-2/h5-10,36-38H,1-4H3;1-2H3. The molecule has 10 nitrogen and oxygen atoms in total. The van der Waals surface area contributed by atoms with Gasteiger partial charge in [-0.25, -0.2) is 28.1 Å². The van der Waals surface area contributed by atoms with E-state index in [2.05, 4.69) is 19.9 Å². The van der Waals surface area contributed by atoms with Crippen LogP contribution in [0.2, 0.25) is 5.02 Å². The summed E-state index contributed by atoms with van der Waals surface area (Å²) in [6.45, 7) is 9.79. The lowest BCUT2D eigenvalue weighted by molar-refractivity contribution is -0.308. The van der Waals surface area contributed by atoms with E-state index in [4.69, 9.17) is 16.3 Å². The molecule has 0 unspecified atom stereocenters. The molecule has 0 aliphatic heterocycles. The summed E-state index contributed by atoms with van der Waals surface area (Å²) in [5, 5.41) is 30.1. The van der Waals surface area contributed by atoms with Gasteiger partial charge in [0.05, 0.1) is 17.6 Å². The third-order valence-electron chi connectivity index (χ3n) is 5.51. The second-order valence-electron chi connectivity index (χ2n) is 9.08. The normalized spacial score (nSPS) is 11.6. The number of aliphatic hydroxyl groups is 3. The minimum atomic E-state index is -3.44. The Morgan fingerprint density at radius 3 is 2.27 bits per heavy atom. The largest absolute Gasteiger partial charge is 0.433 e. The SMILES string of the molecule is CC.Cc1cnc(-c2ccnc(C(C)(C)O)n2)c(F)c1-n1c(C)cc(OC(O)(O)c2ncc(F)cc2F)c(Cl)c1=O. The van der Waals surface area contributed by atoms with Gasteiger partial charge in [0.2, 0.25) is 0 Å². The van der Waals surface area contributed by atoms with Crippen molar-refractivity contribution in [1.29, 1.82) is 0 Å². The fourth-order valence-electron chi connectivity index (χ4n) is 3.69. The minimum Gasteiger partial charge on any atom is -0.433 e. The number of ether oxygens (including phenoxy) is 1. The van der Waals surface area contributed by atoms with E-state index < -0.39 is 51.1 Å². The molecule has 218 valence electrons. The van der Waals surface area contributed by atoms with Gasteiger partial charge < -0.3 is 20.1 Å². The predicted octanol–water partition coefficient (Wildman–Crippen LogP) is 4.20. The molecule has 0 fully saturated rings. The van der Waals surface area contributed by atoms with E-state index in [1.807, 2.05) is 13.8 Å². The first-order chi connectivity index (χ1) is 19.1. The quantitative estimate of drug-likeness (QED) is 0.280. The summed E-state index contributed by atoms with van der Waals surface area (Å²) >= 11 is 6.17. The molecule has 0 saturated heterocycles. The van der Waals surface area contributed by atoms with E-state index in [1.165, 1.54) is 46.2 Å². The number of halogens is 4. The van der Waals surface area contributed by atoms with Gasteiger partial charge >= 0.3 is 5.97 Å². The molecular formula is C27H27ClF3N5O5. The summed E-state index contributed by atoms with van der Waals surface area (Å²) in [6.07, 6.45) is 3.16. The summed E-state index contributed by atoms with van der Waals surface area (Å²) < 4.78 is 49.1. The second-order valence-corrected chi connectivity index (χ2v) is 9.45. The Balaban J connectivity index is 0.00000226. The van der Waals surface area contributed by atoms with E-state index in [1.54, 1.807) is 0 Å². The van der Waals surface area contributed by atoms with E-state index in [-0.39, 0.29) is 34.2 Å². The van der Waals surface area contributed by atoms with Crippen LogP contribution in [0.5, 0.6) is 5.75 Å². The molecule has 0 aliphatic carbocycles. The summed E-state index contributed by atoms with van der Waals surface area (Å²) in [5.41, 5.74) is -3.69. The highest BCUT2D eigenvalue weighted by Gasteiger charge is 2.36. The zero-order valence-electron chi connectivity index (χ0n) is 22.9. The Hall–Kier alpha value is -3.91. The van der Waals surface area contributed by atoms with Crippen molar-refractivity contribution in [3.05, 3.63) is 92.4 Å². The molecule has 0 aromatic carbocycles. The monoisotopic (exact) mass is 593 g/mol. The zero-order valence-corrected chi connectivity index (χ0v) is 23.6. The molecule has 0 bridgehead atoms. The van der Waals surface area contributed by atoms with Crippen molar-refractivity contribution in [2.75, 3.05) is 0 Å². The van der Waals surface area contributed by atoms with Crippen LogP contribution in [0.3, 0.4) is 0 Å². The number of rotatable bonds is 6. The fourth-order valence-corrected chi connectivity index (χ4v) is 3.87. The van der Waals surface area contributed by atoms with Crippen LogP contribution < -0.4 is 10.3 Å². The molecule has 0 saturated carbocycles. The first-order valence-corrected chi connectivity index (χ1v) is 12.6. The lowest BCUT2D eigenvalue weighted by atomic mass is 10.1. The highest BCUT2D eigenvalue weighted by molar-refractivity contribution is 6.31. The van der Waals surface area contributed by atoms with Gasteiger partial charge in [-0.1, -0.05) is 25.4 Å². The Bertz CT molecular complexity index is 1660. The second kappa shape index (κ2) is 11.9. The van der Waals surface area contributed by atoms with Crippen molar-refractivity contribution >= 4 is 11.6 Å². The van der Waals surface area contributed by atoms with Gasteiger partial charge in [0.25, 0.3) is 5.56 Å². The van der Waals surface area contributed by atoms with Crippen molar-refractivity contribution in [2.45, 2.75) is 53.1 Å². The highest BCUT2D eigenvalue weighted by Crippen LogP contribution is 2.32. The molecule has 3 N–H and O–H groups in total. The van der Waals surface area contributed by atoms with Gasteiger partial charge in [0.1, 0.15) is 22.1 Å². The summed E-state index contributed by atoms with van der Waals surface area (Å²) in [6, 6.07) is 2.82. The molecule has 0 spiro atoms. The summed E-state index contributed by atoms with van der Waals surface area (Å²) in [5.74, 6) is -7.46. The Kier molecular flexibility index (Phi) is 9.18. The van der Waals surface area contributed by atoms with Gasteiger partial charge in [0.15, 0.2) is 28.9 Å². The third-order valence-corrected chi connectivity index (χ3v) is 5.86. The van der Waals surface area contributed by atoms with Crippen LogP contribution in [0.4, 0.5) is 13.2 Å². The first-order valence-electron chi connectivity index (χ1n) is 12.2. The molecule has 4 heterocycles. The van der Waals surface area contributed by atoms with Crippen molar-refractivity contribution in [2.24, 2.45) is 0 Å². The Morgan fingerprint density at radius 1 is 1.00 bits per heavy atom. The average Bonchev–Trinajstić information content (AvgIpc) is 2.89. The number of aromatic nitrogens is 5. The number of hydrogen-bond donors (Lipinski definition) is 3. The smallest absolute Gasteiger partial charge is 0.372 e. The molecule has 0 atom stereocenters. The van der Waals surface area contributed by atoms with Crippen LogP contribution in [0.1, 0.15) is 50.5 Å². The molecule has 41 heavy (non-hydrogen) atoms. The number of hydrogen-bond acceptors (Lipinski definition) is 9. The van der Waals surface area contributed by atoms with Crippen LogP contribution in [0.25, 0.3) is 17.1 Å². The molecular weight excluding hydrogens is 567 g/mol. The predicted molar refractivity (Wildman–Crippen MR) is 143 cm³/mol. The van der Waals surface area contributed by atoms with Crippen molar-refractivity contribution < 1.29 is 33.2 Å². The third kappa shape index (κ3) is 6.38. The van der Waals surface area contributed by atoms with Crippen LogP contribution in [-0.2, 0) is 11.6 Å². The maximum absolute atomic E-state index is 15.9. The van der Waals surface area contributed by atoms with Crippen molar-refractivity contribution in [1.82, 2.24) is 24.5 Å². The first kappa shape index (κ1) is 31.6. The Morgan fingerprint density at radius 2 is 1.66 bits per heavy atom. The molecule has 0 aliphatic rings. The van der Waals surface area contributed by atoms with Crippen molar-refractivity contribution in [3.63, 3.8) is 0 Å². The van der Waals surface area contributed by atoms with Crippen LogP contribution in [0, 0.1) is 31.3 Å². The maximum atomic E-state index is 15.9. The lowest BCUT2D eigenvalue weighted by Gasteiger charge is -2.24. The number of aryl methyl sites for hydroxylation is 2. The fraction of sp³-hybridized carbons (Fsp3) is 0.296. The Labute approximate surface area is 237 Å². The summed E-state index contributed by atoms with van der Waals surface area (Å²) in [4.78, 5) is 28.8. The van der Waals surface area contributed by atoms with Crippen LogP contribution >= 0.6 is 11.6 Å². The number of pyridine rings is 3. The van der Waals surface area contributed by atoms with E-state index in [9.17, 15) is 28.9 Å². The van der Waals surface area contributed by atoms with Gasteiger partial charge in [-0.15, -0.1) is 0 Å². The summed E-state index contributed by atoms with van der Waals surface area (Å²) in [7, 11) is 0. The average molecular weight is 594 g/mol. The molecule has 4 rings (SSSR count). The molecule has 0 amide bonds. The molecule has 4 aromatic heterocycles. The van der Waals surface area contributed by atoms with Gasteiger partial charge in [0, 0.05) is 30.2 Å². The highest BCUT2D eigenvalue weighted by atomic mass is 35.5. The van der Waals surface area contributed by atoms with E-state index >= 15 is 4.39 Å². The van der Waals surface area contributed by atoms with Gasteiger partial charge in [-0.05, 0) is 39.3 Å². The van der Waals surface area contributed by atoms with Crippen LogP contribution in [-0.4, -0.2) is 39.8 Å². The minimum absolute atomic E-state index is 0.0183. The van der Waals surface area contributed by atoms with Crippen LogP contribution in [0.15, 0.2) is 41.6 Å². The maximum Gasteiger partial charge on any atom is 0.372 e. The lowest BCUT2D eigenvalue weighted by Crippen LogP contribution is -2.36. The zero-order chi connectivity index (χ0) is 30.9. The van der Waals surface area contributed by atoms with Gasteiger partial charge in [-0.3, -0.25) is 14.3 Å². The number of nitrogens with zero attached hydrogens (tertiary/aromatic N) is 5.